The molecule has 2 N–H and O–H groups in total. The van der Waals surface area contributed by atoms with Gasteiger partial charge in [0.2, 0.25) is 0 Å². The molecule has 1 nitrogen and oxygen atoms in total. The highest BCUT2D eigenvalue weighted by molar-refractivity contribution is 5.86. The Balaban J connectivity index is 2.11. The van der Waals surface area contributed by atoms with Crippen LogP contribution in [0, 0.1) is 5.82 Å². The van der Waals surface area contributed by atoms with E-state index >= 15 is 0 Å². The first kappa shape index (κ1) is 11.9. The van der Waals surface area contributed by atoms with Crippen LogP contribution in [0.25, 0.3) is 10.8 Å². The maximum Gasteiger partial charge on any atom is 0.123 e. The van der Waals surface area contributed by atoms with Crippen LogP contribution in [0.1, 0.15) is 17.2 Å². The van der Waals surface area contributed by atoms with Gasteiger partial charge in [-0.1, -0.05) is 54.6 Å². The van der Waals surface area contributed by atoms with E-state index in [1.807, 2.05) is 24.3 Å². The molecule has 3 rings (SSSR count). The molecule has 3 aromatic carbocycles. The molecule has 1 atom stereocenters. The molecule has 0 amide bonds. The number of fused-ring (bicyclic) bond motifs is 1. The largest absolute Gasteiger partial charge is 0.320 e. The summed E-state index contributed by atoms with van der Waals surface area (Å²) in [5, 5.41) is 2.30. The van der Waals surface area contributed by atoms with E-state index in [1.54, 1.807) is 12.1 Å². The van der Waals surface area contributed by atoms with Crippen molar-refractivity contribution in [2.75, 3.05) is 0 Å². The zero-order valence-corrected chi connectivity index (χ0v) is 10.4. The fourth-order valence-corrected chi connectivity index (χ4v) is 2.37. The first-order chi connectivity index (χ1) is 9.25. The molecule has 0 aromatic heterocycles. The number of rotatable bonds is 2. The average molecular weight is 251 g/mol. The third-order valence-corrected chi connectivity index (χ3v) is 3.39. The summed E-state index contributed by atoms with van der Waals surface area (Å²) < 4.78 is 13.0. The van der Waals surface area contributed by atoms with Crippen LogP contribution in [0.15, 0.2) is 66.7 Å². The normalized spacial score (nSPS) is 12.5. The van der Waals surface area contributed by atoms with Crippen LogP contribution in [-0.2, 0) is 0 Å². The highest BCUT2D eigenvalue weighted by Crippen LogP contribution is 2.27. The summed E-state index contributed by atoms with van der Waals surface area (Å²) in [6.45, 7) is 0. The Morgan fingerprint density at radius 2 is 1.47 bits per heavy atom. The van der Waals surface area contributed by atoms with Gasteiger partial charge in [-0.15, -0.1) is 0 Å². The monoisotopic (exact) mass is 251 g/mol. The molecular weight excluding hydrogens is 237 g/mol. The van der Waals surface area contributed by atoms with Gasteiger partial charge < -0.3 is 5.73 Å². The van der Waals surface area contributed by atoms with Crippen molar-refractivity contribution in [1.29, 1.82) is 0 Å². The maximum absolute atomic E-state index is 13.0. The van der Waals surface area contributed by atoms with Crippen molar-refractivity contribution in [2.45, 2.75) is 6.04 Å². The van der Waals surface area contributed by atoms with Gasteiger partial charge in [-0.05, 0) is 34.0 Å². The SMILES string of the molecule is NC(c1ccc(F)cc1)c1cccc2ccccc12. The second-order valence-corrected chi connectivity index (χ2v) is 4.60. The van der Waals surface area contributed by atoms with E-state index in [9.17, 15) is 4.39 Å². The third kappa shape index (κ3) is 2.23. The van der Waals surface area contributed by atoms with Crippen molar-refractivity contribution in [1.82, 2.24) is 0 Å². The minimum Gasteiger partial charge on any atom is -0.320 e. The van der Waals surface area contributed by atoms with Gasteiger partial charge in [0, 0.05) is 0 Å². The van der Waals surface area contributed by atoms with Gasteiger partial charge in [-0.25, -0.2) is 4.39 Å². The molecule has 0 aliphatic heterocycles. The molecule has 0 fully saturated rings. The molecule has 0 heterocycles. The van der Waals surface area contributed by atoms with Crippen molar-refractivity contribution in [3.63, 3.8) is 0 Å². The van der Waals surface area contributed by atoms with E-state index in [0.717, 1.165) is 21.9 Å². The molecule has 2 heteroatoms. The predicted molar refractivity (Wildman–Crippen MR) is 76.4 cm³/mol. The van der Waals surface area contributed by atoms with Crippen molar-refractivity contribution >= 4 is 10.8 Å². The van der Waals surface area contributed by atoms with Crippen LogP contribution in [-0.4, -0.2) is 0 Å². The number of nitrogens with two attached hydrogens (primary N) is 1. The summed E-state index contributed by atoms with van der Waals surface area (Å²) in [7, 11) is 0. The van der Waals surface area contributed by atoms with Crippen LogP contribution in [0.3, 0.4) is 0 Å². The summed E-state index contributed by atoms with van der Waals surface area (Å²) >= 11 is 0. The molecular formula is C17H14FN. The third-order valence-electron chi connectivity index (χ3n) is 3.39. The lowest BCUT2D eigenvalue weighted by Crippen LogP contribution is -2.12. The molecule has 94 valence electrons. The Morgan fingerprint density at radius 1 is 0.789 bits per heavy atom. The number of halogens is 1. The van der Waals surface area contributed by atoms with Crippen molar-refractivity contribution < 1.29 is 4.39 Å². The molecule has 0 spiro atoms. The molecule has 3 aromatic rings. The molecule has 19 heavy (non-hydrogen) atoms. The smallest absolute Gasteiger partial charge is 0.123 e. The first-order valence-corrected chi connectivity index (χ1v) is 6.24. The number of hydrogen-bond acceptors (Lipinski definition) is 1. The first-order valence-electron chi connectivity index (χ1n) is 6.24. The van der Waals surface area contributed by atoms with E-state index in [-0.39, 0.29) is 11.9 Å². The Morgan fingerprint density at radius 3 is 2.26 bits per heavy atom. The van der Waals surface area contributed by atoms with Gasteiger partial charge >= 0.3 is 0 Å². The second-order valence-electron chi connectivity index (χ2n) is 4.60. The standard InChI is InChI=1S/C17H14FN/c18-14-10-8-13(9-11-14)17(19)16-7-3-5-12-4-1-2-6-15(12)16/h1-11,17H,19H2. The minimum atomic E-state index is -0.244. The molecule has 0 radical (unpaired) electrons. The van der Waals surface area contributed by atoms with Crippen LogP contribution < -0.4 is 5.73 Å². The lowest BCUT2D eigenvalue weighted by Gasteiger charge is -2.15. The highest BCUT2D eigenvalue weighted by atomic mass is 19.1. The summed E-state index contributed by atoms with van der Waals surface area (Å²) in [6.07, 6.45) is 0. The number of benzene rings is 3. The summed E-state index contributed by atoms with van der Waals surface area (Å²) in [5.41, 5.74) is 8.28. The Hall–Kier alpha value is -2.19. The van der Waals surface area contributed by atoms with E-state index in [4.69, 9.17) is 5.73 Å². The van der Waals surface area contributed by atoms with Gasteiger partial charge in [0.1, 0.15) is 5.82 Å². The van der Waals surface area contributed by atoms with E-state index in [1.165, 1.54) is 12.1 Å². The average Bonchev–Trinajstić information content (AvgIpc) is 2.47. The van der Waals surface area contributed by atoms with Crippen molar-refractivity contribution in [2.24, 2.45) is 5.73 Å². The lowest BCUT2D eigenvalue weighted by molar-refractivity contribution is 0.626. The maximum atomic E-state index is 13.0. The molecule has 0 saturated heterocycles. The van der Waals surface area contributed by atoms with E-state index in [2.05, 4.69) is 18.2 Å². The predicted octanol–water partition coefficient (Wildman–Crippen LogP) is 4.03. The van der Waals surface area contributed by atoms with Gasteiger partial charge in [0.25, 0.3) is 0 Å². The van der Waals surface area contributed by atoms with Crippen molar-refractivity contribution in [3.05, 3.63) is 83.7 Å². The van der Waals surface area contributed by atoms with E-state index < -0.39 is 0 Å². The Kier molecular flexibility index (Phi) is 3.02. The zero-order chi connectivity index (χ0) is 13.2. The summed E-state index contributed by atoms with van der Waals surface area (Å²) in [5.74, 6) is -0.242. The second kappa shape index (κ2) is 4.82. The fourth-order valence-electron chi connectivity index (χ4n) is 2.37. The molecule has 0 aliphatic rings. The van der Waals surface area contributed by atoms with Crippen LogP contribution in [0.4, 0.5) is 4.39 Å². The van der Waals surface area contributed by atoms with Crippen molar-refractivity contribution in [3.8, 4) is 0 Å². The Labute approximate surface area is 111 Å². The van der Waals surface area contributed by atoms with Crippen LogP contribution >= 0.6 is 0 Å². The summed E-state index contributed by atoms with van der Waals surface area (Å²) in [4.78, 5) is 0. The summed E-state index contributed by atoms with van der Waals surface area (Å²) in [6, 6.07) is 20.4. The lowest BCUT2D eigenvalue weighted by atomic mass is 9.94. The Bertz CT molecular complexity index is 699. The zero-order valence-electron chi connectivity index (χ0n) is 10.4. The van der Waals surface area contributed by atoms with Gasteiger partial charge in [0.15, 0.2) is 0 Å². The van der Waals surface area contributed by atoms with E-state index in [0.29, 0.717) is 0 Å². The number of hydrogen-bond donors (Lipinski definition) is 1. The molecule has 0 aliphatic carbocycles. The van der Waals surface area contributed by atoms with Crippen LogP contribution in [0.5, 0.6) is 0 Å². The van der Waals surface area contributed by atoms with Gasteiger partial charge in [-0.2, -0.15) is 0 Å². The van der Waals surface area contributed by atoms with Gasteiger partial charge in [0.05, 0.1) is 6.04 Å². The fraction of sp³-hybridized carbons (Fsp3) is 0.0588. The minimum absolute atomic E-state index is 0.242. The molecule has 0 bridgehead atoms. The highest BCUT2D eigenvalue weighted by Gasteiger charge is 2.11. The molecule has 1 unspecified atom stereocenters. The quantitative estimate of drug-likeness (QED) is 0.731. The van der Waals surface area contributed by atoms with Gasteiger partial charge in [-0.3, -0.25) is 0 Å². The van der Waals surface area contributed by atoms with Crippen LogP contribution in [0.2, 0.25) is 0 Å². The topological polar surface area (TPSA) is 26.0 Å². The molecule has 0 saturated carbocycles.